The van der Waals surface area contributed by atoms with Crippen LogP contribution in [0.25, 0.3) is 0 Å². The van der Waals surface area contributed by atoms with E-state index in [4.69, 9.17) is 0 Å². The molecule has 0 bridgehead atoms. The van der Waals surface area contributed by atoms with Crippen molar-refractivity contribution in [1.29, 1.82) is 0 Å². The SMILES string of the molecule is COC(=O)c1cnc(Nc2ccccc2C(F)(F)F)cn1. The third kappa shape index (κ3) is 3.47. The van der Waals surface area contributed by atoms with E-state index in [0.717, 1.165) is 18.5 Å². The van der Waals surface area contributed by atoms with Crippen molar-refractivity contribution in [3.8, 4) is 0 Å². The van der Waals surface area contributed by atoms with Crippen LogP contribution in [0.3, 0.4) is 0 Å². The van der Waals surface area contributed by atoms with E-state index in [0.29, 0.717) is 0 Å². The number of methoxy groups -OCH3 is 1. The van der Waals surface area contributed by atoms with Crippen LogP contribution in [-0.2, 0) is 10.9 Å². The number of anilines is 2. The van der Waals surface area contributed by atoms with Gasteiger partial charge in [0, 0.05) is 0 Å². The van der Waals surface area contributed by atoms with Gasteiger partial charge in [-0.3, -0.25) is 0 Å². The van der Waals surface area contributed by atoms with Crippen LogP contribution in [0.15, 0.2) is 36.7 Å². The second-order valence-corrected chi connectivity index (χ2v) is 3.95. The molecule has 5 nitrogen and oxygen atoms in total. The third-order valence-electron chi connectivity index (χ3n) is 2.54. The van der Waals surface area contributed by atoms with Gasteiger partial charge >= 0.3 is 12.1 Å². The summed E-state index contributed by atoms with van der Waals surface area (Å²) in [5.41, 5.74) is -0.999. The zero-order valence-corrected chi connectivity index (χ0v) is 10.8. The molecule has 0 spiro atoms. The molecule has 110 valence electrons. The Kier molecular flexibility index (Phi) is 4.06. The molecule has 1 aromatic carbocycles. The molecule has 0 radical (unpaired) electrons. The standard InChI is InChI=1S/C13H10F3N3O2/c1-21-12(20)10-6-18-11(7-17-10)19-9-5-3-2-4-8(9)13(14,15)16/h2-7H,1H3,(H,18,19). The molecule has 0 fully saturated rings. The van der Waals surface area contributed by atoms with E-state index in [1.807, 2.05) is 0 Å². The first kappa shape index (κ1) is 14.8. The van der Waals surface area contributed by atoms with Crippen LogP contribution < -0.4 is 5.32 Å². The molecule has 8 heteroatoms. The maximum Gasteiger partial charge on any atom is 0.418 e. The van der Waals surface area contributed by atoms with Gasteiger partial charge < -0.3 is 10.1 Å². The molecule has 0 saturated heterocycles. The van der Waals surface area contributed by atoms with Crippen molar-refractivity contribution >= 4 is 17.5 Å². The average molecular weight is 297 g/mol. The monoisotopic (exact) mass is 297 g/mol. The molecule has 0 aliphatic rings. The van der Waals surface area contributed by atoms with Gasteiger partial charge in [0.1, 0.15) is 5.82 Å². The number of hydrogen-bond acceptors (Lipinski definition) is 5. The summed E-state index contributed by atoms with van der Waals surface area (Å²) in [6.45, 7) is 0. The fourth-order valence-corrected chi connectivity index (χ4v) is 1.58. The van der Waals surface area contributed by atoms with Crippen LogP contribution in [0.4, 0.5) is 24.7 Å². The summed E-state index contributed by atoms with van der Waals surface area (Å²) in [4.78, 5) is 18.8. The van der Waals surface area contributed by atoms with Crippen molar-refractivity contribution in [2.24, 2.45) is 0 Å². The Morgan fingerprint density at radius 1 is 1.19 bits per heavy atom. The minimum atomic E-state index is -4.48. The Morgan fingerprint density at radius 2 is 1.90 bits per heavy atom. The number of alkyl halides is 3. The smallest absolute Gasteiger partial charge is 0.418 e. The fraction of sp³-hybridized carbons (Fsp3) is 0.154. The second-order valence-electron chi connectivity index (χ2n) is 3.95. The highest BCUT2D eigenvalue weighted by molar-refractivity contribution is 5.86. The second kappa shape index (κ2) is 5.78. The Hall–Kier alpha value is -2.64. The van der Waals surface area contributed by atoms with E-state index in [9.17, 15) is 18.0 Å². The molecule has 1 heterocycles. The van der Waals surface area contributed by atoms with Crippen molar-refractivity contribution in [3.05, 3.63) is 47.9 Å². The number of nitrogens with zero attached hydrogens (tertiary/aromatic N) is 2. The maximum atomic E-state index is 12.8. The van der Waals surface area contributed by atoms with Crippen molar-refractivity contribution in [2.45, 2.75) is 6.18 Å². The van der Waals surface area contributed by atoms with Crippen LogP contribution in [0.5, 0.6) is 0 Å². The van der Waals surface area contributed by atoms with Gasteiger partial charge in [-0.2, -0.15) is 13.2 Å². The van der Waals surface area contributed by atoms with Gasteiger partial charge in [-0.1, -0.05) is 12.1 Å². The minimum absolute atomic E-state index is 0.0350. The summed E-state index contributed by atoms with van der Waals surface area (Å²) in [6.07, 6.45) is -2.22. The van der Waals surface area contributed by atoms with Crippen LogP contribution >= 0.6 is 0 Å². The quantitative estimate of drug-likeness (QED) is 0.882. The topological polar surface area (TPSA) is 64.1 Å². The lowest BCUT2D eigenvalue weighted by atomic mass is 10.1. The number of carbonyl (C=O) groups excluding carboxylic acids is 1. The van der Waals surface area contributed by atoms with Crippen LogP contribution in [0, 0.1) is 0 Å². The lowest BCUT2D eigenvalue weighted by Crippen LogP contribution is -2.10. The van der Waals surface area contributed by atoms with Crippen LogP contribution in [0.1, 0.15) is 16.1 Å². The zero-order chi connectivity index (χ0) is 15.5. The Balaban J connectivity index is 2.25. The Bertz CT molecular complexity index is 642. The molecule has 0 amide bonds. The number of hydrogen-bond donors (Lipinski definition) is 1. The molecule has 2 aromatic rings. The van der Waals surface area contributed by atoms with E-state index < -0.39 is 17.7 Å². The maximum absolute atomic E-state index is 12.8. The summed E-state index contributed by atoms with van der Waals surface area (Å²) in [7, 11) is 1.19. The number of rotatable bonds is 3. The van der Waals surface area contributed by atoms with Crippen molar-refractivity contribution < 1.29 is 22.7 Å². The highest BCUT2D eigenvalue weighted by atomic mass is 19.4. The van der Waals surface area contributed by atoms with Gasteiger partial charge in [-0.15, -0.1) is 0 Å². The van der Waals surface area contributed by atoms with Gasteiger partial charge in [-0.25, -0.2) is 14.8 Å². The predicted octanol–water partition coefficient (Wildman–Crippen LogP) is 3.03. The van der Waals surface area contributed by atoms with Crippen molar-refractivity contribution in [2.75, 3.05) is 12.4 Å². The number of para-hydroxylation sites is 1. The van der Waals surface area contributed by atoms with Gasteiger partial charge in [-0.05, 0) is 12.1 Å². The molecule has 2 rings (SSSR count). The number of carbonyl (C=O) groups is 1. The molecule has 21 heavy (non-hydrogen) atoms. The summed E-state index contributed by atoms with van der Waals surface area (Å²) in [6, 6.07) is 4.99. The Morgan fingerprint density at radius 3 is 2.48 bits per heavy atom. The summed E-state index contributed by atoms with van der Waals surface area (Å²) in [5, 5.41) is 2.52. The summed E-state index contributed by atoms with van der Waals surface area (Å²) < 4.78 is 42.9. The lowest BCUT2D eigenvalue weighted by Gasteiger charge is -2.13. The minimum Gasteiger partial charge on any atom is -0.464 e. The van der Waals surface area contributed by atoms with Gasteiger partial charge in [0.15, 0.2) is 5.69 Å². The molecule has 1 N–H and O–H groups in total. The fourth-order valence-electron chi connectivity index (χ4n) is 1.58. The highest BCUT2D eigenvalue weighted by Gasteiger charge is 2.33. The van der Waals surface area contributed by atoms with E-state index >= 15 is 0 Å². The predicted molar refractivity (Wildman–Crippen MR) is 68.1 cm³/mol. The van der Waals surface area contributed by atoms with Crippen molar-refractivity contribution in [1.82, 2.24) is 9.97 Å². The molecular formula is C13H10F3N3O2. The lowest BCUT2D eigenvalue weighted by molar-refractivity contribution is -0.136. The third-order valence-corrected chi connectivity index (χ3v) is 2.54. The first-order valence-electron chi connectivity index (χ1n) is 5.75. The number of aromatic nitrogens is 2. The number of nitrogens with one attached hydrogen (secondary N) is 1. The summed E-state index contributed by atoms with van der Waals surface area (Å²) >= 11 is 0. The van der Waals surface area contributed by atoms with Crippen LogP contribution in [0.2, 0.25) is 0 Å². The van der Waals surface area contributed by atoms with Crippen molar-refractivity contribution in [3.63, 3.8) is 0 Å². The highest BCUT2D eigenvalue weighted by Crippen LogP contribution is 2.35. The molecule has 0 aliphatic heterocycles. The van der Waals surface area contributed by atoms with E-state index in [1.165, 1.54) is 25.3 Å². The largest absolute Gasteiger partial charge is 0.464 e. The molecule has 0 aliphatic carbocycles. The first-order chi connectivity index (χ1) is 9.91. The molecular weight excluding hydrogens is 287 g/mol. The number of benzene rings is 1. The molecule has 1 aromatic heterocycles. The number of ether oxygens (including phenoxy) is 1. The Labute approximate surface area is 117 Å². The number of halogens is 3. The normalized spacial score (nSPS) is 11.0. The van der Waals surface area contributed by atoms with E-state index in [2.05, 4.69) is 20.0 Å². The summed E-state index contributed by atoms with van der Waals surface area (Å²) in [5.74, 6) is -0.593. The van der Waals surface area contributed by atoms with Gasteiger partial charge in [0.25, 0.3) is 0 Å². The molecule has 0 saturated carbocycles. The first-order valence-corrected chi connectivity index (χ1v) is 5.75. The molecule has 0 unspecified atom stereocenters. The zero-order valence-electron chi connectivity index (χ0n) is 10.8. The van der Waals surface area contributed by atoms with Gasteiger partial charge in [0.2, 0.25) is 0 Å². The average Bonchev–Trinajstić information content (AvgIpc) is 2.47. The van der Waals surface area contributed by atoms with E-state index in [-0.39, 0.29) is 17.2 Å². The van der Waals surface area contributed by atoms with E-state index in [1.54, 1.807) is 0 Å². The molecule has 0 atom stereocenters. The van der Waals surface area contributed by atoms with Crippen LogP contribution in [-0.4, -0.2) is 23.0 Å². The van der Waals surface area contributed by atoms with Gasteiger partial charge in [0.05, 0.1) is 30.8 Å². The number of esters is 1.